The van der Waals surface area contributed by atoms with Gasteiger partial charge in [0.25, 0.3) is 11.8 Å². The van der Waals surface area contributed by atoms with Crippen molar-refractivity contribution >= 4 is 23.8 Å². The van der Waals surface area contributed by atoms with Gasteiger partial charge in [0.2, 0.25) is 12.2 Å². The number of amides is 2. The minimum absolute atomic E-state index is 0.0305. The summed E-state index contributed by atoms with van der Waals surface area (Å²) in [7, 11) is 0. The molecule has 0 saturated carbocycles. The fraction of sp³-hybridized carbons (Fsp3) is 0.120. The van der Waals surface area contributed by atoms with E-state index in [1.807, 2.05) is 6.07 Å². The summed E-state index contributed by atoms with van der Waals surface area (Å²) in [6.07, 6.45) is -3.15. The highest BCUT2D eigenvalue weighted by molar-refractivity contribution is 6.10. The van der Waals surface area contributed by atoms with Gasteiger partial charge in [-0.3, -0.25) is 14.5 Å². The molecular formula is C25H19NO6. The van der Waals surface area contributed by atoms with Crippen LogP contribution in [0.1, 0.15) is 26.3 Å². The largest absolute Gasteiger partial charge is 0.444 e. The number of nitrogens with zero attached hydrogens (tertiary/aromatic N) is 1. The van der Waals surface area contributed by atoms with E-state index in [9.17, 15) is 19.2 Å². The van der Waals surface area contributed by atoms with Crippen LogP contribution in [-0.4, -0.2) is 40.9 Å². The first-order valence-electron chi connectivity index (χ1n) is 9.96. The Balaban J connectivity index is 1.60. The smallest absolute Gasteiger partial charge is 0.339 e. The van der Waals surface area contributed by atoms with Crippen LogP contribution in [0.5, 0.6) is 0 Å². The number of hydrogen-bond donors (Lipinski definition) is 0. The molecule has 160 valence electrons. The third-order valence-corrected chi connectivity index (χ3v) is 4.96. The molecule has 3 aromatic carbocycles. The Hall–Kier alpha value is -4.26. The number of carbonyl (C=O) groups is 4. The second-order valence-electron chi connectivity index (χ2n) is 7.13. The normalized spacial score (nSPS) is 17.8. The Morgan fingerprint density at radius 2 is 1.00 bits per heavy atom. The van der Waals surface area contributed by atoms with Crippen molar-refractivity contribution in [3.8, 4) is 0 Å². The molecule has 2 amide bonds. The molecule has 4 rings (SSSR count). The number of rotatable bonds is 6. The molecule has 1 saturated heterocycles. The first kappa shape index (κ1) is 21.0. The van der Waals surface area contributed by atoms with Gasteiger partial charge in [0.1, 0.15) is 0 Å². The zero-order valence-electron chi connectivity index (χ0n) is 16.9. The minimum Gasteiger partial charge on any atom is -0.444 e. The number of esters is 2. The van der Waals surface area contributed by atoms with Crippen molar-refractivity contribution in [2.24, 2.45) is 0 Å². The van der Waals surface area contributed by atoms with Gasteiger partial charge >= 0.3 is 11.9 Å². The van der Waals surface area contributed by atoms with E-state index in [0.29, 0.717) is 5.56 Å². The number of benzene rings is 3. The van der Waals surface area contributed by atoms with E-state index in [-0.39, 0.29) is 17.7 Å². The highest BCUT2D eigenvalue weighted by Gasteiger charge is 2.52. The summed E-state index contributed by atoms with van der Waals surface area (Å²) in [6, 6.07) is 25.0. The predicted octanol–water partition coefficient (Wildman–Crippen LogP) is 3.01. The predicted molar refractivity (Wildman–Crippen MR) is 113 cm³/mol. The van der Waals surface area contributed by atoms with Gasteiger partial charge in [0.15, 0.2) is 0 Å². The Labute approximate surface area is 184 Å². The molecule has 0 spiro atoms. The highest BCUT2D eigenvalue weighted by Crippen LogP contribution is 2.24. The standard InChI is InChI=1S/C25H19NO6/c27-22-20(31-24(29)18-12-6-2-7-13-18)21(32-25(30)19-14-8-3-9-15-19)23(28)26(22)16-17-10-4-1-5-11-17/h1-15,20-21H,16H2/t20-,21-/m0/s1. The van der Waals surface area contributed by atoms with E-state index < -0.39 is 36.0 Å². The average Bonchev–Trinajstić information content (AvgIpc) is 3.05. The molecule has 32 heavy (non-hydrogen) atoms. The number of imide groups is 1. The molecule has 7 nitrogen and oxygen atoms in total. The topological polar surface area (TPSA) is 90.0 Å². The van der Waals surface area contributed by atoms with Crippen LogP contribution in [-0.2, 0) is 25.6 Å². The lowest BCUT2D eigenvalue weighted by molar-refractivity contribution is -0.142. The second kappa shape index (κ2) is 9.26. The molecule has 2 atom stereocenters. The molecule has 0 aliphatic carbocycles. The summed E-state index contributed by atoms with van der Waals surface area (Å²) in [4.78, 5) is 52.2. The highest BCUT2D eigenvalue weighted by atomic mass is 16.6. The molecule has 0 unspecified atom stereocenters. The quantitative estimate of drug-likeness (QED) is 0.442. The fourth-order valence-electron chi connectivity index (χ4n) is 3.34. The van der Waals surface area contributed by atoms with Crippen molar-refractivity contribution in [3.05, 3.63) is 108 Å². The lowest BCUT2D eigenvalue weighted by Crippen LogP contribution is -2.37. The van der Waals surface area contributed by atoms with Gasteiger partial charge < -0.3 is 9.47 Å². The van der Waals surface area contributed by atoms with Crippen LogP contribution in [0.3, 0.4) is 0 Å². The molecular weight excluding hydrogens is 410 g/mol. The van der Waals surface area contributed by atoms with Crippen LogP contribution in [0.25, 0.3) is 0 Å². The summed E-state index contributed by atoms with van der Waals surface area (Å²) in [5.74, 6) is -3.07. The number of carbonyl (C=O) groups excluding carboxylic acids is 4. The number of hydrogen-bond acceptors (Lipinski definition) is 6. The first-order chi connectivity index (χ1) is 15.5. The summed E-state index contributed by atoms with van der Waals surface area (Å²) in [5, 5.41) is 0. The van der Waals surface area contributed by atoms with E-state index in [1.54, 1.807) is 60.7 Å². The zero-order valence-corrected chi connectivity index (χ0v) is 16.9. The molecule has 0 radical (unpaired) electrons. The lowest BCUT2D eigenvalue weighted by Gasteiger charge is -2.16. The van der Waals surface area contributed by atoms with Crippen LogP contribution in [0.15, 0.2) is 91.0 Å². The molecule has 0 bridgehead atoms. The third-order valence-electron chi connectivity index (χ3n) is 4.96. The van der Waals surface area contributed by atoms with E-state index in [2.05, 4.69) is 0 Å². The van der Waals surface area contributed by atoms with E-state index in [0.717, 1.165) is 4.90 Å². The lowest BCUT2D eigenvalue weighted by atomic mass is 10.2. The molecule has 0 aromatic heterocycles. The Morgan fingerprint density at radius 3 is 1.41 bits per heavy atom. The van der Waals surface area contributed by atoms with E-state index >= 15 is 0 Å². The Morgan fingerprint density at radius 1 is 0.625 bits per heavy atom. The van der Waals surface area contributed by atoms with Crippen LogP contribution < -0.4 is 0 Å². The SMILES string of the molecule is O=C(O[C@@H]1C(=O)N(Cc2ccccc2)C(=O)[C@H]1OC(=O)c1ccccc1)c1ccccc1. The van der Waals surface area contributed by atoms with Gasteiger partial charge in [-0.25, -0.2) is 9.59 Å². The summed E-state index contributed by atoms with van der Waals surface area (Å²) < 4.78 is 10.7. The van der Waals surface area contributed by atoms with Crippen molar-refractivity contribution < 1.29 is 28.7 Å². The molecule has 1 heterocycles. The van der Waals surface area contributed by atoms with Crippen LogP contribution in [0.2, 0.25) is 0 Å². The molecule has 0 N–H and O–H groups in total. The second-order valence-corrected chi connectivity index (χ2v) is 7.13. The van der Waals surface area contributed by atoms with Gasteiger partial charge in [0.05, 0.1) is 17.7 Å². The van der Waals surface area contributed by atoms with Gasteiger partial charge in [-0.2, -0.15) is 0 Å². The maximum absolute atomic E-state index is 13.1. The van der Waals surface area contributed by atoms with Gasteiger partial charge in [0, 0.05) is 0 Å². The van der Waals surface area contributed by atoms with Crippen molar-refractivity contribution in [2.45, 2.75) is 18.8 Å². The zero-order chi connectivity index (χ0) is 22.5. The van der Waals surface area contributed by atoms with Gasteiger partial charge in [-0.15, -0.1) is 0 Å². The number of ether oxygens (including phenoxy) is 2. The van der Waals surface area contributed by atoms with Crippen molar-refractivity contribution in [1.29, 1.82) is 0 Å². The van der Waals surface area contributed by atoms with Crippen molar-refractivity contribution in [3.63, 3.8) is 0 Å². The molecule has 1 aliphatic rings. The Kier molecular flexibility index (Phi) is 6.07. The monoisotopic (exact) mass is 429 g/mol. The first-order valence-corrected chi connectivity index (χ1v) is 9.96. The average molecular weight is 429 g/mol. The Bertz CT molecular complexity index is 1060. The van der Waals surface area contributed by atoms with Crippen LogP contribution in [0.4, 0.5) is 0 Å². The summed E-state index contributed by atoms with van der Waals surface area (Å²) in [5.41, 5.74) is 1.13. The van der Waals surface area contributed by atoms with Gasteiger partial charge in [-0.1, -0.05) is 66.7 Å². The van der Waals surface area contributed by atoms with Gasteiger partial charge in [-0.05, 0) is 29.8 Å². The molecule has 1 aliphatic heterocycles. The molecule has 1 fully saturated rings. The number of likely N-dealkylation sites (tertiary alicyclic amines) is 1. The summed E-state index contributed by atoms with van der Waals surface area (Å²) >= 11 is 0. The minimum atomic E-state index is -1.58. The fourth-order valence-corrected chi connectivity index (χ4v) is 3.34. The maximum Gasteiger partial charge on any atom is 0.339 e. The van der Waals surface area contributed by atoms with E-state index in [1.165, 1.54) is 24.3 Å². The van der Waals surface area contributed by atoms with Crippen LogP contribution in [0, 0.1) is 0 Å². The maximum atomic E-state index is 13.1. The van der Waals surface area contributed by atoms with E-state index in [4.69, 9.17) is 9.47 Å². The molecule has 3 aromatic rings. The van der Waals surface area contributed by atoms with Crippen LogP contribution >= 0.6 is 0 Å². The van der Waals surface area contributed by atoms with Crippen molar-refractivity contribution in [1.82, 2.24) is 4.90 Å². The third kappa shape index (κ3) is 4.41. The van der Waals surface area contributed by atoms with Crippen molar-refractivity contribution in [2.75, 3.05) is 0 Å². The molecule has 7 heteroatoms. The summed E-state index contributed by atoms with van der Waals surface area (Å²) in [6.45, 7) is -0.0305.